The van der Waals surface area contributed by atoms with Gasteiger partial charge in [-0.3, -0.25) is 24.2 Å². The van der Waals surface area contributed by atoms with Gasteiger partial charge in [0.25, 0.3) is 5.91 Å². The average molecular weight is 476 g/mol. The molecule has 0 aliphatic carbocycles. The van der Waals surface area contributed by atoms with Crippen LogP contribution in [0.25, 0.3) is 0 Å². The van der Waals surface area contributed by atoms with Crippen LogP contribution in [0.1, 0.15) is 16.7 Å². The van der Waals surface area contributed by atoms with E-state index < -0.39 is 10.7 Å². The van der Waals surface area contributed by atoms with Gasteiger partial charge < -0.3 is 5.32 Å². The van der Waals surface area contributed by atoms with E-state index in [1.54, 1.807) is 24.3 Å². The summed E-state index contributed by atoms with van der Waals surface area (Å²) in [5, 5.41) is 2.87. The highest BCUT2D eigenvalue weighted by Gasteiger charge is 2.61. The lowest BCUT2D eigenvalue weighted by Gasteiger charge is -2.33. The molecule has 0 unspecified atom stereocenters. The molecule has 0 aromatic heterocycles. The van der Waals surface area contributed by atoms with Crippen molar-refractivity contribution in [2.75, 3.05) is 22.1 Å². The molecule has 8 heteroatoms. The Morgan fingerprint density at radius 3 is 2.47 bits per heavy atom. The molecule has 0 saturated carbocycles. The molecule has 2 aliphatic rings. The third-order valence-corrected chi connectivity index (χ3v) is 7.45. The van der Waals surface area contributed by atoms with E-state index in [0.29, 0.717) is 23.5 Å². The number of rotatable bonds is 5. The number of hydrogen-bond donors (Lipinski definition) is 1. The van der Waals surface area contributed by atoms with Gasteiger partial charge in [-0.05, 0) is 42.8 Å². The maximum absolute atomic E-state index is 13.9. The van der Waals surface area contributed by atoms with Crippen molar-refractivity contribution in [1.29, 1.82) is 0 Å². The Bertz CT molecular complexity index is 1280. The SMILES string of the molecule is Cc1ccc(CNC(=O)CN2C(=O)[C@@]3(SCC(=O)N3c3ccc(F)cc3)c3ccccc32)cc1. The van der Waals surface area contributed by atoms with Crippen molar-refractivity contribution in [1.82, 2.24) is 5.32 Å². The summed E-state index contributed by atoms with van der Waals surface area (Å²) in [7, 11) is 0. The van der Waals surface area contributed by atoms with Crippen LogP contribution in [-0.4, -0.2) is 30.0 Å². The van der Waals surface area contributed by atoms with E-state index in [-0.39, 0.29) is 30.0 Å². The zero-order valence-corrected chi connectivity index (χ0v) is 19.3. The Balaban J connectivity index is 1.44. The van der Waals surface area contributed by atoms with Gasteiger partial charge in [0.2, 0.25) is 16.7 Å². The molecule has 3 aromatic carbocycles. The van der Waals surface area contributed by atoms with Gasteiger partial charge in [-0.1, -0.05) is 48.0 Å². The van der Waals surface area contributed by atoms with E-state index >= 15 is 0 Å². The predicted molar refractivity (Wildman–Crippen MR) is 130 cm³/mol. The summed E-state index contributed by atoms with van der Waals surface area (Å²) < 4.78 is 13.5. The first-order chi connectivity index (χ1) is 16.4. The standard InChI is InChI=1S/C26H22FN3O3S/c1-17-6-8-18(9-7-17)14-28-23(31)15-29-22-5-3-2-4-21(22)26(25(29)33)30(24(32)16-34-26)20-12-10-19(27)11-13-20/h2-13H,14-16H2,1H3,(H,28,31)/t26-/m0/s1. The number of carbonyl (C=O) groups is 3. The summed E-state index contributed by atoms with van der Waals surface area (Å²) in [6.45, 7) is 2.17. The zero-order valence-electron chi connectivity index (χ0n) is 18.5. The van der Waals surface area contributed by atoms with Crippen LogP contribution in [0.5, 0.6) is 0 Å². The van der Waals surface area contributed by atoms with Crippen LogP contribution < -0.4 is 15.1 Å². The first-order valence-electron chi connectivity index (χ1n) is 10.9. The van der Waals surface area contributed by atoms with E-state index in [1.807, 2.05) is 31.2 Å². The van der Waals surface area contributed by atoms with Crippen LogP contribution in [-0.2, 0) is 25.8 Å². The normalized spacial score (nSPS) is 19.1. The van der Waals surface area contributed by atoms with Crippen molar-refractivity contribution in [3.63, 3.8) is 0 Å². The molecule has 3 amide bonds. The fourth-order valence-electron chi connectivity index (χ4n) is 4.41. The minimum Gasteiger partial charge on any atom is -0.350 e. The fraction of sp³-hybridized carbons (Fsp3) is 0.192. The van der Waals surface area contributed by atoms with Crippen LogP contribution in [0.4, 0.5) is 15.8 Å². The van der Waals surface area contributed by atoms with E-state index in [1.165, 1.54) is 45.8 Å². The molecule has 34 heavy (non-hydrogen) atoms. The topological polar surface area (TPSA) is 69.7 Å². The van der Waals surface area contributed by atoms with Crippen molar-refractivity contribution in [2.45, 2.75) is 18.3 Å². The van der Waals surface area contributed by atoms with Crippen molar-refractivity contribution in [3.05, 3.63) is 95.3 Å². The summed E-state index contributed by atoms with van der Waals surface area (Å²) in [4.78, 5) is 41.2. The summed E-state index contributed by atoms with van der Waals surface area (Å²) in [6, 6.07) is 20.6. The minimum absolute atomic E-state index is 0.102. The van der Waals surface area contributed by atoms with Crippen LogP contribution in [0.2, 0.25) is 0 Å². The quantitative estimate of drug-likeness (QED) is 0.611. The number of anilines is 2. The second-order valence-corrected chi connectivity index (χ2v) is 9.48. The van der Waals surface area contributed by atoms with Crippen LogP contribution in [0.15, 0.2) is 72.8 Å². The molecule has 0 bridgehead atoms. The highest BCUT2D eigenvalue weighted by Crippen LogP contribution is 2.55. The molecule has 2 aliphatic heterocycles. The largest absolute Gasteiger partial charge is 0.350 e. The number of benzene rings is 3. The van der Waals surface area contributed by atoms with E-state index in [0.717, 1.165) is 11.1 Å². The molecular weight excluding hydrogens is 453 g/mol. The van der Waals surface area contributed by atoms with Gasteiger partial charge in [0.1, 0.15) is 12.4 Å². The number of para-hydroxylation sites is 1. The number of aryl methyl sites for hydroxylation is 1. The maximum atomic E-state index is 13.9. The molecule has 1 fully saturated rings. The second-order valence-electron chi connectivity index (χ2n) is 8.31. The lowest BCUT2D eigenvalue weighted by molar-refractivity contribution is -0.125. The van der Waals surface area contributed by atoms with Crippen molar-refractivity contribution in [3.8, 4) is 0 Å². The second kappa shape index (κ2) is 8.61. The Kier molecular flexibility index (Phi) is 5.61. The number of nitrogens with zero attached hydrogens (tertiary/aromatic N) is 2. The smallest absolute Gasteiger partial charge is 0.269 e. The zero-order chi connectivity index (χ0) is 23.9. The van der Waals surface area contributed by atoms with E-state index in [2.05, 4.69) is 5.32 Å². The van der Waals surface area contributed by atoms with Gasteiger partial charge in [-0.25, -0.2) is 4.39 Å². The molecule has 5 rings (SSSR count). The predicted octanol–water partition coefficient (Wildman–Crippen LogP) is 3.73. The monoisotopic (exact) mass is 475 g/mol. The van der Waals surface area contributed by atoms with Gasteiger partial charge in [0.15, 0.2) is 0 Å². The Labute approximate surface area is 200 Å². The Morgan fingerprint density at radius 2 is 1.74 bits per heavy atom. The number of carbonyl (C=O) groups excluding carboxylic acids is 3. The van der Waals surface area contributed by atoms with Crippen molar-refractivity contribution in [2.24, 2.45) is 0 Å². The summed E-state index contributed by atoms with van der Waals surface area (Å²) in [5.41, 5.74) is 3.76. The van der Waals surface area contributed by atoms with E-state index in [4.69, 9.17) is 0 Å². The van der Waals surface area contributed by atoms with Crippen LogP contribution >= 0.6 is 11.8 Å². The molecule has 1 saturated heterocycles. The number of halogens is 1. The molecule has 6 nitrogen and oxygen atoms in total. The molecule has 172 valence electrons. The number of thioether (sulfide) groups is 1. The Morgan fingerprint density at radius 1 is 1.03 bits per heavy atom. The summed E-state index contributed by atoms with van der Waals surface area (Å²) >= 11 is 1.22. The van der Waals surface area contributed by atoms with Crippen molar-refractivity contribution < 1.29 is 18.8 Å². The highest BCUT2D eigenvalue weighted by molar-refractivity contribution is 8.02. The lowest BCUT2D eigenvalue weighted by Crippen LogP contribution is -2.51. The molecular formula is C26H22FN3O3S. The lowest BCUT2D eigenvalue weighted by atomic mass is 10.0. The number of nitrogens with one attached hydrogen (secondary N) is 1. The number of amides is 3. The average Bonchev–Trinajstić information content (AvgIpc) is 3.30. The maximum Gasteiger partial charge on any atom is 0.269 e. The highest BCUT2D eigenvalue weighted by atomic mass is 32.2. The van der Waals surface area contributed by atoms with Gasteiger partial charge in [0.05, 0.1) is 11.4 Å². The fourth-order valence-corrected chi connectivity index (χ4v) is 5.77. The molecule has 1 atom stereocenters. The molecule has 3 aromatic rings. The Hall–Kier alpha value is -3.65. The summed E-state index contributed by atoms with van der Waals surface area (Å²) in [6.07, 6.45) is 0. The molecule has 2 heterocycles. The van der Waals surface area contributed by atoms with Gasteiger partial charge in [-0.2, -0.15) is 0 Å². The number of hydrogen-bond acceptors (Lipinski definition) is 4. The van der Waals surface area contributed by atoms with Gasteiger partial charge in [0, 0.05) is 17.8 Å². The molecule has 1 spiro atoms. The van der Waals surface area contributed by atoms with Crippen LogP contribution in [0.3, 0.4) is 0 Å². The van der Waals surface area contributed by atoms with Crippen LogP contribution in [0, 0.1) is 12.7 Å². The van der Waals surface area contributed by atoms with Crippen molar-refractivity contribution >= 4 is 40.9 Å². The number of fused-ring (bicyclic) bond motifs is 2. The summed E-state index contributed by atoms with van der Waals surface area (Å²) in [5.74, 6) is -1.24. The first kappa shape index (κ1) is 22.2. The minimum atomic E-state index is -1.33. The third-order valence-electron chi connectivity index (χ3n) is 6.06. The van der Waals surface area contributed by atoms with Gasteiger partial charge in [-0.15, -0.1) is 11.8 Å². The molecule has 1 N–H and O–H groups in total. The van der Waals surface area contributed by atoms with E-state index in [9.17, 15) is 18.8 Å². The molecule has 0 radical (unpaired) electrons. The third kappa shape index (κ3) is 3.64. The first-order valence-corrected chi connectivity index (χ1v) is 11.8. The van der Waals surface area contributed by atoms with Gasteiger partial charge >= 0.3 is 0 Å².